The number of likely N-dealkylation sites (N-methyl/N-ethyl adjacent to an activating group) is 1. The molecule has 0 saturated carbocycles. The topological polar surface area (TPSA) is 68.3 Å². The molecule has 1 atom stereocenters. The number of rotatable bonds is 7. The summed E-state index contributed by atoms with van der Waals surface area (Å²) >= 11 is 5.94. The minimum atomic E-state index is 0.0989. The lowest BCUT2D eigenvalue weighted by atomic mass is 10.1. The third kappa shape index (κ3) is 4.89. The molecule has 6 nitrogen and oxygen atoms in total. The van der Waals surface area contributed by atoms with E-state index < -0.39 is 0 Å². The Hall–Kier alpha value is -3.01. The summed E-state index contributed by atoms with van der Waals surface area (Å²) in [5.74, 6) is 0.756. The fourth-order valence-corrected chi connectivity index (χ4v) is 3.14. The van der Waals surface area contributed by atoms with E-state index in [-0.39, 0.29) is 11.7 Å². The van der Waals surface area contributed by atoms with Gasteiger partial charge in [0, 0.05) is 36.9 Å². The standard InChI is InChI=1S/C22H24ClN5O/c1-27(2)18-11-7-15(8-12-18)20(28(3)4)14-25-22-19(13-24)26-21(29-22)16-5-9-17(23)10-6-16/h5-12,20,25H,14H2,1-4H3. The molecular weight excluding hydrogens is 386 g/mol. The minimum absolute atomic E-state index is 0.0989. The van der Waals surface area contributed by atoms with Gasteiger partial charge in [0.1, 0.15) is 6.07 Å². The summed E-state index contributed by atoms with van der Waals surface area (Å²) < 4.78 is 5.84. The first kappa shape index (κ1) is 20.7. The van der Waals surface area contributed by atoms with Crippen molar-refractivity contribution in [3.8, 4) is 17.5 Å². The zero-order valence-electron chi connectivity index (χ0n) is 17.0. The fourth-order valence-electron chi connectivity index (χ4n) is 3.01. The summed E-state index contributed by atoms with van der Waals surface area (Å²) in [5, 5.41) is 13.3. The number of hydrogen-bond acceptors (Lipinski definition) is 6. The Morgan fingerprint density at radius 1 is 1.07 bits per heavy atom. The summed E-state index contributed by atoms with van der Waals surface area (Å²) in [6, 6.07) is 17.8. The van der Waals surface area contributed by atoms with Gasteiger partial charge >= 0.3 is 0 Å². The Kier molecular flexibility index (Phi) is 6.42. The number of nitriles is 1. The molecule has 1 heterocycles. The second-order valence-corrected chi connectivity index (χ2v) is 7.60. The second-order valence-electron chi connectivity index (χ2n) is 7.16. The van der Waals surface area contributed by atoms with E-state index in [1.807, 2.05) is 40.3 Å². The summed E-state index contributed by atoms with van der Waals surface area (Å²) in [4.78, 5) is 8.50. The summed E-state index contributed by atoms with van der Waals surface area (Å²) in [5.41, 5.74) is 3.32. The van der Waals surface area contributed by atoms with Crippen LogP contribution < -0.4 is 10.2 Å². The van der Waals surface area contributed by atoms with Crippen molar-refractivity contribution < 1.29 is 4.42 Å². The third-order valence-electron chi connectivity index (χ3n) is 4.70. The lowest BCUT2D eigenvalue weighted by molar-refractivity contribution is 0.310. The van der Waals surface area contributed by atoms with Crippen LogP contribution in [-0.2, 0) is 0 Å². The molecule has 150 valence electrons. The normalized spacial score (nSPS) is 11.9. The van der Waals surface area contributed by atoms with E-state index >= 15 is 0 Å². The van der Waals surface area contributed by atoms with Crippen LogP contribution in [0.25, 0.3) is 11.5 Å². The Morgan fingerprint density at radius 3 is 2.28 bits per heavy atom. The maximum absolute atomic E-state index is 9.45. The fraction of sp³-hybridized carbons (Fsp3) is 0.273. The number of benzene rings is 2. The van der Waals surface area contributed by atoms with Gasteiger partial charge in [-0.05, 0) is 56.1 Å². The molecule has 0 aliphatic rings. The lowest BCUT2D eigenvalue weighted by Crippen LogP contribution is -2.27. The molecule has 1 aromatic heterocycles. The molecule has 0 saturated heterocycles. The number of hydrogen-bond donors (Lipinski definition) is 1. The number of nitrogens with one attached hydrogen (secondary N) is 1. The van der Waals surface area contributed by atoms with Crippen molar-refractivity contribution in [3.05, 3.63) is 64.8 Å². The molecule has 3 rings (SSSR count). The van der Waals surface area contributed by atoms with Crippen LogP contribution in [0.1, 0.15) is 17.3 Å². The van der Waals surface area contributed by atoms with E-state index in [2.05, 4.69) is 50.4 Å². The molecule has 0 aliphatic carbocycles. The number of anilines is 2. The van der Waals surface area contributed by atoms with E-state index in [1.165, 1.54) is 5.56 Å². The molecule has 0 radical (unpaired) electrons. The summed E-state index contributed by atoms with van der Waals surface area (Å²) in [6.45, 7) is 0.568. The Balaban J connectivity index is 1.79. The number of oxazole rings is 1. The molecule has 0 bridgehead atoms. The quantitative estimate of drug-likeness (QED) is 0.612. The van der Waals surface area contributed by atoms with Gasteiger partial charge in [-0.2, -0.15) is 10.2 Å². The molecule has 29 heavy (non-hydrogen) atoms. The number of aromatic nitrogens is 1. The van der Waals surface area contributed by atoms with E-state index in [9.17, 15) is 5.26 Å². The van der Waals surface area contributed by atoms with Crippen LogP contribution in [0.3, 0.4) is 0 Å². The highest BCUT2D eigenvalue weighted by Crippen LogP contribution is 2.28. The van der Waals surface area contributed by atoms with Gasteiger partial charge in [0.2, 0.25) is 17.5 Å². The molecule has 3 aromatic rings. The Morgan fingerprint density at radius 2 is 1.72 bits per heavy atom. The van der Waals surface area contributed by atoms with Crippen molar-refractivity contribution in [1.29, 1.82) is 5.26 Å². The molecular formula is C22H24ClN5O. The zero-order valence-corrected chi connectivity index (χ0v) is 17.7. The predicted molar refractivity (Wildman–Crippen MR) is 117 cm³/mol. The van der Waals surface area contributed by atoms with Crippen LogP contribution >= 0.6 is 11.6 Å². The van der Waals surface area contributed by atoms with Crippen molar-refractivity contribution in [2.75, 3.05) is 45.0 Å². The van der Waals surface area contributed by atoms with Crippen LogP contribution in [-0.4, -0.2) is 44.6 Å². The van der Waals surface area contributed by atoms with Gasteiger partial charge < -0.3 is 19.5 Å². The lowest BCUT2D eigenvalue weighted by Gasteiger charge is -2.25. The van der Waals surface area contributed by atoms with Gasteiger partial charge in [-0.1, -0.05) is 23.7 Å². The number of halogens is 1. The Labute approximate surface area is 176 Å². The molecule has 0 amide bonds. The van der Waals surface area contributed by atoms with Crippen molar-refractivity contribution in [3.63, 3.8) is 0 Å². The van der Waals surface area contributed by atoms with E-state index in [0.717, 1.165) is 11.3 Å². The van der Waals surface area contributed by atoms with Gasteiger partial charge in [-0.15, -0.1) is 0 Å². The first-order chi connectivity index (χ1) is 13.9. The SMILES string of the molecule is CN(C)c1ccc(C(CNc2oc(-c3ccc(Cl)cc3)nc2C#N)N(C)C)cc1. The van der Waals surface area contributed by atoms with Crippen LogP contribution in [0.15, 0.2) is 52.9 Å². The van der Waals surface area contributed by atoms with E-state index in [4.69, 9.17) is 16.0 Å². The highest BCUT2D eigenvalue weighted by atomic mass is 35.5. The maximum Gasteiger partial charge on any atom is 0.232 e. The average Bonchev–Trinajstić information content (AvgIpc) is 3.12. The zero-order chi connectivity index (χ0) is 21.0. The largest absolute Gasteiger partial charge is 0.419 e. The third-order valence-corrected chi connectivity index (χ3v) is 4.95. The molecule has 1 unspecified atom stereocenters. The molecule has 0 fully saturated rings. The highest BCUT2D eigenvalue weighted by molar-refractivity contribution is 6.30. The molecule has 7 heteroatoms. The molecule has 0 aliphatic heterocycles. The maximum atomic E-state index is 9.45. The molecule has 2 aromatic carbocycles. The van der Waals surface area contributed by atoms with Gasteiger partial charge in [0.15, 0.2) is 0 Å². The first-order valence-electron chi connectivity index (χ1n) is 9.23. The van der Waals surface area contributed by atoms with Crippen molar-refractivity contribution in [2.45, 2.75) is 6.04 Å². The monoisotopic (exact) mass is 409 g/mol. The van der Waals surface area contributed by atoms with Crippen LogP contribution in [0.4, 0.5) is 11.6 Å². The highest BCUT2D eigenvalue weighted by Gasteiger charge is 2.19. The first-order valence-corrected chi connectivity index (χ1v) is 9.61. The number of nitrogens with zero attached hydrogens (tertiary/aromatic N) is 4. The summed E-state index contributed by atoms with van der Waals surface area (Å²) in [7, 11) is 8.09. The Bertz CT molecular complexity index is 988. The van der Waals surface area contributed by atoms with Crippen molar-refractivity contribution >= 4 is 23.2 Å². The van der Waals surface area contributed by atoms with Gasteiger partial charge in [0.25, 0.3) is 0 Å². The molecule has 0 spiro atoms. The van der Waals surface area contributed by atoms with Gasteiger partial charge in [-0.3, -0.25) is 0 Å². The van der Waals surface area contributed by atoms with Gasteiger partial charge in [-0.25, -0.2) is 0 Å². The van der Waals surface area contributed by atoms with Gasteiger partial charge in [0.05, 0.1) is 6.04 Å². The van der Waals surface area contributed by atoms with Crippen LogP contribution in [0, 0.1) is 11.3 Å². The predicted octanol–water partition coefficient (Wildman–Crippen LogP) is 4.65. The second kappa shape index (κ2) is 8.99. The van der Waals surface area contributed by atoms with E-state index in [1.54, 1.807) is 12.1 Å². The van der Waals surface area contributed by atoms with Crippen molar-refractivity contribution in [1.82, 2.24) is 9.88 Å². The minimum Gasteiger partial charge on any atom is -0.419 e. The smallest absolute Gasteiger partial charge is 0.232 e. The van der Waals surface area contributed by atoms with Crippen LogP contribution in [0.2, 0.25) is 5.02 Å². The summed E-state index contributed by atoms with van der Waals surface area (Å²) in [6.07, 6.45) is 0. The average molecular weight is 410 g/mol. The molecule has 1 N–H and O–H groups in total. The van der Waals surface area contributed by atoms with E-state index in [0.29, 0.717) is 23.3 Å². The van der Waals surface area contributed by atoms with Crippen LogP contribution in [0.5, 0.6) is 0 Å². The van der Waals surface area contributed by atoms with Crippen molar-refractivity contribution in [2.24, 2.45) is 0 Å².